The Kier molecular flexibility index (Phi) is 6.75. The zero-order chi connectivity index (χ0) is 11.8. The lowest BCUT2D eigenvalue weighted by molar-refractivity contribution is 0.416. The van der Waals surface area contributed by atoms with Crippen molar-refractivity contribution in [3.8, 4) is 0 Å². The summed E-state index contributed by atoms with van der Waals surface area (Å²) < 4.78 is 0. The quantitative estimate of drug-likeness (QED) is 0.571. The van der Waals surface area contributed by atoms with Crippen LogP contribution in [0.1, 0.15) is 71.6 Å². The van der Waals surface area contributed by atoms with Crippen LogP contribution in [0.3, 0.4) is 0 Å². The molecule has 0 heterocycles. The van der Waals surface area contributed by atoms with Crippen molar-refractivity contribution in [2.75, 3.05) is 7.05 Å². The first-order valence-corrected chi connectivity index (χ1v) is 7.30. The van der Waals surface area contributed by atoms with Gasteiger partial charge in [0, 0.05) is 12.8 Å². The van der Waals surface area contributed by atoms with E-state index in [0.29, 0.717) is 0 Å². The van der Waals surface area contributed by atoms with Crippen LogP contribution >= 0.6 is 0 Å². The fraction of sp³-hybridized carbons (Fsp3) is 0.933. The molecule has 0 aromatic heterocycles. The third kappa shape index (κ3) is 3.92. The highest BCUT2D eigenvalue weighted by Crippen LogP contribution is 2.30. The molecule has 16 heavy (non-hydrogen) atoms. The Morgan fingerprint density at radius 2 is 1.88 bits per heavy atom. The molecular formula is C15H29N. The van der Waals surface area contributed by atoms with Gasteiger partial charge in [0.2, 0.25) is 0 Å². The van der Waals surface area contributed by atoms with Crippen molar-refractivity contribution in [3.05, 3.63) is 0 Å². The van der Waals surface area contributed by atoms with Crippen LogP contribution in [0.25, 0.3) is 0 Å². The molecular weight excluding hydrogens is 194 g/mol. The monoisotopic (exact) mass is 223 g/mol. The minimum absolute atomic E-state index is 0.771. The highest BCUT2D eigenvalue weighted by atomic mass is 14.7. The molecule has 0 amide bonds. The zero-order valence-electron chi connectivity index (χ0n) is 11.5. The van der Waals surface area contributed by atoms with Gasteiger partial charge in [-0.1, -0.05) is 46.0 Å². The maximum absolute atomic E-state index is 4.65. The van der Waals surface area contributed by atoms with Gasteiger partial charge in [0.25, 0.3) is 0 Å². The van der Waals surface area contributed by atoms with E-state index in [9.17, 15) is 0 Å². The SMILES string of the molecule is CCCCC(CC)C(=NC)C1CCCCC1. The van der Waals surface area contributed by atoms with Gasteiger partial charge in [-0.25, -0.2) is 0 Å². The third-order valence-corrected chi connectivity index (χ3v) is 4.10. The molecule has 1 saturated carbocycles. The lowest BCUT2D eigenvalue weighted by Crippen LogP contribution is -2.25. The van der Waals surface area contributed by atoms with E-state index in [2.05, 4.69) is 18.8 Å². The van der Waals surface area contributed by atoms with E-state index >= 15 is 0 Å². The largest absolute Gasteiger partial charge is 0.297 e. The van der Waals surface area contributed by atoms with E-state index in [1.165, 1.54) is 57.8 Å². The van der Waals surface area contributed by atoms with Crippen LogP contribution in [0.5, 0.6) is 0 Å². The van der Waals surface area contributed by atoms with E-state index in [1.54, 1.807) is 5.71 Å². The molecule has 0 aromatic rings. The standard InChI is InChI=1S/C15H29N/c1-4-6-10-13(5-2)15(16-3)14-11-8-7-9-12-14/h13-14H,4-12H2,1-3H3. The number of aliphatic imine (C=N–C) groups is 1. The normalized spacial score (nSPS) is 21.1. The van der Waals surface area contributed by atoms with Crippen molar-refractivity contribution < 1.29 is 0 Å². The highest BCUT2D eigenvalue weighted by Gasteiger charge is 2.24. The topological polar surface area (TPSA) is 12.4 Å². The van der Waals surface area contributed by atoms with Gasteiger partial charge in [-0.15, -0.1) is 0 Å². The second-order valence-corrected chi connectivity index (χ2v) is 5.23. The first-order valence-electron chi connectivity index (χ1n) is 7.30. The second-order valence-electron chi connectivity index (χ2n) is 5.23. The minimum Gasteiger partial charge on any atom is -0.297 e. The van der Waals surface area contributed by atoms with Gasteiger partial charge in [0.05, 0.1) is 0 Å². The molecule has 0 aliphatic heterocycles. The lowest BCUT2D eigenvalue weighted by Gasteiger charge is -2.28. The first-order chi connectivity index (χ1) is 7.83. The molecule has 1 heteroatoms. The van der Waals surface area contributed by atoms with Crippen molar-refractivity contribution in [2.45, 2.75) is 71.6 Å². The minimum atomic E-state index is 0.771. The summed E-state index contributed by atoms with van der Waals surface area (Å²) in [5, 5.41) is 0. The van der Waals surface area contributed by atoms with Crippen LogP contribution in [0.4, 0.5) is 0 Å². The van der Waals surface area contributed by atoms with E-state index in [4.69, 9.17) is 0 Å². The van der Waals surface area contributed by atoms with Crippen LogP contribution in [0.15, 0.2) is 4.99 Å². The molecule has 1 aliphatic carbocycles. The molecule has 0 saturated heterocycles. The van der Waals surface area contributed by atoms with Gasteiger partial charge in [-0.3, -0.25) is 4.99 Å². The molecule has 0 spiro atoms. The highest BCUT2D eigenvalue weighted by molar-refractivity contribution is 5.89. The van der Waals surface area contributed by atoms with Gasteiger partial charge < -0.3 is 0 Å². The van der Waals surface area contributed by atoms with Gasteiger partial charge in [0.1, 0.15) is 0 Å². The summed E-state index contributed by atoms with van der Waals surface area (Å²) >= 11 is 0. The number of rotatable bonds is 6. The van der Waals surface area contributed by atoms with Crippen LogP contribution < -0.4 is 0 Å². The summed E-state index contributed by atoms with van der Waals surface area (Å²) in [5.41, 5.74) is 1.55. The summed E-state index contributed by atoms with van der Waals surface area (Å²) in [6.07, 6.45) is 12.4. The molecule has 1 atom stereocenters. The van der Waals surface area contributed by atoms with E-state index < -0.39 is 0 Å². The van der Waals surface area contributed by atoms with E-state index in [0.717, 1.165) is 11.8 Å². The predicted octanol–water partition coefficient (Wildman–Crippen LogP) is 4.85. The average Bonchev–Trinajstić information content (AvgIpc) is 2.35. The summed E-state index contributed by atoms with van der Waals surface area (Å²) in [6, 6.07) is 0. The van der Waals surface area contributed by atoms with Crippen molar-refractivity contribution in [2.24, 2.45) is 16.8 Å². The van der Waals surface area contributed by atoms with Crippen LogP contribution in [-0.2, 0) is 0 Å². The zero-order valence-corrected chi connectivity index (χ0v) is 11.5. The molecule has 0 bridgehead atoms. The maximum Gasteiger partial charge on any atom is 0.0276 e. The first kappa shape index (κ1) is 13.7. The van der Waals surface area contributed by atoms with Crippen molar-refractivity contribution in [3.63, 3.8) is 0 Å². The molecule has 0 aromatic carbocycles. The number of unbranched alkanes of at least 4 members (excludes halogenated alkanes) is 1. The third-order valence-electron chi connectivity index (χ3n) is 4.10. The average molecular weight is 223 g/mol. The van der Waals surface area contributed by atoms with Crippen LogP contribution in [-0.4, -0.2) is 12.8 Å². The predicted molar refractivity (Wildman–Crippen MR) is 73.2 cm³/mol. The van der Waals surface area contributed by atoms with E-state index in [-0.39, 0.29) is 0 Å². The molecule has 0 N–H and O–H groups in total. The Morgan fingerprint density at radius 1 is 1.19 bits per heavy atom. The molecule has 1 unspecified atom stereocenters. The Morgan fingerprint density at radius 3 is 2.38 bits per heavy atom. The number of nitrogens with zero attached hydrogens (tertiary/aromatic N) is 1. The summed E-state index contributed by atoms with van der Waals surface area (Å²) in [7, 11) is 2.01. The van der Waals surface area contributed by atoms with Crippen LogP contribution in [0, 0.1) is 11.8 Å². The van der Waals surface area contributed by atoms with E-state index in [1.807, 2.05) is 7.05 Å². The Bertz CT molecular complexity index is 201. The fourth-order valence-corrected chi connectivity index (χ4v) is 3.11. The number of hydrogen-bond donors (Lipinski definition) is 0. The Labute approximate surface area is 102 Å². The number of hydrogen-bond acceptors (Lipinski definition) is 1. The van der Waals surface area contributed by atoms with Gasteiger partial charge >= 0.3 is 0 Å². The van der Waals surface area contributed by atoms with Gasteiger partial charge in [0.15, 0.2) is 0 Å². The van der Waals surface area contributed by atoms with Crippen molar-refractivity contribution in [1.29, 1.82) is 0 Å². The molecule has 1 nitrogen and oxygen atoms in total. The van der Waals surface area contributed by atoms with Gasteiger partial charge in [-0.2, -0.15) is 0 Å². The smallest absolute Gasteiger partial charge is 0.0276 e. The Hall–Kier alpha value is -0.330. The summed E-state index contributed by atoms with van der Waals surface area (Å²) in [5.74, 6) is 1.59. The van der Waals surface area contributed by atoms with Crippen LogP contribution in [0.2, 0.25) is 0 Å². The fourth-order valence-electron chi connectivity index (χ4n) is 3.11. The molecule has 0 radical (unpaired) electrons. The summed E-state index contributed by atoms with van der Waals surface area (Å²) in [4.78, 5) is 4.65. The molecule has 1 aliphatic rings. The lowest BCUT2D eigenvalue weighted by atomic mass is 9.78. The van der Waals surface area contributed by atoms with Crippen molar-refractivity contribution in [1.82, 2.24) is 0 Å². The molecule has 1 rings (SSSR count). The maximum atomic E-state index is 4.65. The summed E-state index contributed by atoms with van der Waals surface area (Å²) in [6.45, 7) is 4.62. The molecule has 94 valence electrons. The van der Waals surface area contributed by atoms with Gasteiger partial charge in [-0.05, 0) is 37.5 Å². The van der Waals surface area contributed by atoms with Crippen molar-refractivity contribution >= 4 is 5.71 Å². The second kappa shape index (κ2) is 7.86. The molecule has 1 fully saturated rings. The Balaban J connectivity index is 2.55.